The Hall–Kier alpha value is -1.50. The Morgan fingerprint density at radius 1 is 1.27 bits per heavy atom. The molecular weight excluding hydrogens is 356 g/mol. The monoisotopic (exact) mass is 384 g/mol. The first-order chi connectivity index (χ1) is 12.7. The van der Waals surface area contributed by atoms with Crippen LogP contribution in [0.4, 0.5) is 0 Å². The molecule has 0 aromatic heterocycles. The molecule has 0 saturated carbocycles. The number of nitrogens with one attached hydrogen (secondary N) is 1. The van der Waals surface area contributed by atoms with Crippen LogP contribution < -0.4 is 14.8 Å². The van der Waals surface area contributed by atoms with Crippen LogP contribution in [0.3, 0.4) is 0 Å². The Labute approximate surface area is 160 Å². The van der Waals surface area contributed by atoms with E-state index >= 15 is 0 Å². The summed E-state index contributed by atoms with van der Waals surface area (Å²) in [6.07, 6.45) is 1.77. The molecule has 1 aliphatic rings. The predicted octanol–water partition coefficient (Wildman–Crippen LogP) is 2.98. The molecule has 1 saturated heterocycles. The molecule has 1 N–H and O–H groups in total. The van der Waals surface area contributed by atoms with Gasteiger partial charge in [-0.05, 0) is 38.4 Å². The normalized spacial score (nSPS) is 14.9. The highest BCUT2D eigenvalue weighted by molar-refractivity contribution is 6.32. The van der Waals surface area contributed by atoms with Crippen LogP contribution >= 0.6 is 11.6 Å². The maximum Gasteiger partial charge on any atom is 0.251 e. The fraction of sp³-hybridized carbons (Fsp3) is 0.632. The Morgan fingerprint density at radius 3 is 2.73 bits per heavy atom. The molecule has 0 aliphatic carbocycles. The lowest BCUT2D eigenvalue weighted by atomic mass is 10.2. The molecule has 7 heteroatoms. The van der Waals surface area contributed by atoms with E-state index in [4.69, 9.17) is 25.8 Å². The molecule has 6 nitrogen and oxygen atoms in total. The highest BCUT2D eigenvalue weighted by atomic mass is 35.5. The number of carbonyl (C=O) groups is 1. The van der Waals surface area contributed by atoms with Crippen molar-refractivity contribution in [2.45, 2.75) is 26.7 Å². The van der Waals surface area contributed by atoms with Gasteiger partial charge in [0.25, 0.3) is 5.91 Å². The predicted molar refractivity (Wildman–Crippen MR) is 103 cm³/mol. The van der Waals surface area contributed by atoms with Crippen molar-refractivity contribution in [3.63, 3.8) is 0 Å². The summed E-state index contributed by atoms with van der Waals surface area (Å²) in [7, 11) is 0. The van der Waals surface area contributed by atoms with Gasteiger partial charge in [0.15, 0.2) is 11.5 Å². The molecule has 0 bridgehead atoms. The molecule has 0 spiro atoms. The summed E-state index contributed by atoms with van der Waals surface area (Å²) in [6.45, 7) is 10.00. The molecular formula is C19H29ClN2O4. The summed E-state index contributed by atoms with van der Waals surface area (Å²) < 4.78 is 16.6. The van der Waals surface area contributed by atoms with Gasteiger partial charge in [0.1, 0.15) is 0 Å². The molecule has 26 heavy (non-hydrogen) atoms. The van der Waals surface area contributed by atoms with E-state index in [-0.39, 0.29) is 5.91 Å². The maximum absolute atomic E-state index is 12.4. The standard InChI is InChI=1S/C19H29ClN2O4/c1-3-10-26-18-16(20)13-15(14-17(18)25-4-2)19(23)21-6-5-7-22-8-11-24-12-9-22/h13-14H,3-12H2,1-2H3,(H,21,23). The van der Waals surface area contributed by atoms with E-state index < -0.39 is 0 Å². The SMILES string of the molecule is CCCOc1c(Cl)cc(C(=O)NCCCN2CCOCC2)cc1OCC. The molecule has 1 aliphatic heterocycles. The van der Waals surface area contributed by atoms with Crippen LogP contribution in [0.2, 0.25) is 5.02 Å². The second-order valence-electron chi connectivity index (χ2n) is 6.13. The Kier molecular flexibility index (Phi) is 9.01. The van der Waals surface area contributed by atoms with Crippen molar-refractivity contribution in [1.82, 2.24) is 10.2 Å². The van der Waals surface area contributed by atoms with Gasteiger partial charge >= 0.3 is 0 Å². The molecule has 1 aromatic carbocycles. The molecule has 1 heterocycles. The van der Waals surface area contributed by atoms with Crippen LogP contribution in [0.1, 0.15) is 37.0 Å². The van der Waals surface area contributed by atoms with Gasteiger partial charge in [0, 0.05) is 25.2 Å². The van der Waals surface area contributed by atoms with Gasteiger partial charge in [-0.1, -0.05) is 18.5 Å². The highest BCUT2D eigenvalue weighted by Crippen LogP contribution is 2.36. The largest absolute Gasteiger partial charge is 0.490 e. The number of benzene rings is 1. The number of rotatable bonds is 10. The second kappa shape index (κ2) is 11.3. The van der Waals surface area contributed by atoms with Crippen LogP contribution in [0.25, 0.3) is 0 Å². The lowest BCUT2D eigenvalue weighted by Crippen LogP contribution is -2.38. The van der Waals surface area contributed by atoms with Crippen LogP contribution in [0, 0.1) is 0 Å². The van der Waals surface area contributed by atoms with Crippen molar-refractivity contribution in [2.75, 3.05) is 52.6 Å². The van der Waals surface area contributed by atoms with Crippen molar-refractivity contribution in [3.8, 4) is 11.5 Å². The average molecular weight is 385 g/mol. The number of ether oxygens (including phenoxy) is 3. The fourth-order valence-corrected chi connectivity index (χ4v) is 3.00. The van der Waals surface area contributed by atoms with E-state index in [0.717, 1.165) is 45.7 Å². The first-order valence-electron chi connectivity index (χ1n) is 9.33. The van der Waals surface area contributed by atoms with Crippen LogP contribution in [0.5, 0.6) is 11.5 Å². The van der Waals surface area contributed by atoms with E-state index in [1.54, 1.807) is 12.1 Å². The number of carbonyl (C=O) groups excluding carboxylic acids is 1. The summed E-state index contributed by atoms with van der Waals surface area (Å²) >= 11 is 6.31. The van der Waals surface area contributed by atoms with E-state index in [2.05, 4.69) is 10.2 Å². The average Bonchev–Trinajstić information content (AvgIpc) is 2.65. The van der Waals surface area contributed by atoms with Gasteiger partial charge in [-0.3, -0.25) is 9.69 Å². The minimum absolute atomic E-state index is 0.156. The summed E-state index contributed by atoms with van der Waals surface area (Å²) in [5, 5.41) is 3.34. The number of amides is 1. The highest BCUT2D eigenvalue weighted by Gasteiger charge is 2.16. The van der Waals surface area contributed by atoms with Crippen molar-refractivity contribution in [1.29, 1.82) is 0 Å². The van der Waals surface area contributed by atoms with Crippen LogP contribution in [0.15, 0.2) is 12.1 Å². The van der Waals surface area contributed by atoms with Crippen LogP contribution in [-0.4, -0.2) is 63.4 Å². The van der Waals surface area contributed by atoms with Gasteiger partial charge in [0.05, 0.1) is 31.5 Å². The molecule has 1 fully saturated rings. The van der Waals surface area contributed by atoms with Crippen molar-refractivity contribution >= 4 is 17.5 Å². The third-order valence-corrected chi connectivity index (χ3v) is 4.34. The summed E-state index contributed by atoms with van der Waals surface area (Å²) in [4.78, 5) is 14.8. The minimum atomic E-state index is -0.156. The number of morpholine rings is 1. The lowest BCUT2D eigenvalue weighted by molar-refractivity contribution is 0.0374. The van der Waals surface area contributed by atoms with Gasteiger partial charge in [-0.15, -0.1) is 0 Å². The fourth-order valence-electron chi connectivity index (χ4n) is 2.74. The van der Waals surface area contributed by atoms with Gasteiger partial charge in [-0.2, -0.15) is 0 Å². The maximum atomic E-state index is 12.4. The van der Waals surface area contributed by atoms with E-state index in [0.29, 0.717) is 41.8 Å². The summed E-state index contributed by atoms with van der Waals surface area (Å²) in [5.41, 5.74) is 0.480. The molecule has 146 valence electrons. The molecule has 1 aromatic rings. The molecule has 2 rings (SSSR count). The number of halogens is 1. The lowest BCUT2D eigenvalue weighted by Gasteiger charge is -2.26. The molecule has 0 atom stereocenters. The Balaban J connectivity index is 1.90. The Bertz CT molecular complexity index is 577. The first kappa shape index (κ1) is 20.8. The molecule has 0 radical (unpaired) electrons. The zero-order valence-corrected chi connectivity index (χ0v) is 16.4. The Morgan fingerprint density at radius 2 is 2.04 bits per heavy atom. The van der Waals surface area contributed by atoms with E-state index in [9.17, 15) is 4.79 Å². The summed E-state index contributed by atoms with van der Waals surface area (Å²) in [6, 6.07) is 3.32. The molecule has 1 amide bonds. The van der Waals surface area contributed by atoms with Crippen LogP contribution in [-0.2, 0) is 4.74 Å². The third-order valence-electron chi connectivity index (χ3n) is 4.06. The molecule has 0 unspecified atom stereocenters. The third kappa shape index (κ3) is 6.34. The number of hydrogen-bond donors (Lipinski definition) is 1. The van der Waals surface area contributed by atoms with E-state index in [1.807, 2.05) is 13.8 Å². The number of hydrogen-bond acceptors (Lipinski definition) is 5. The minimum Gasteiger partial charge on any atom is -0.490 e. The topological polar surface area (TPSA) is 60.0 Å². The second-order valence-corrected chi connectivity index (χ2v) is 6.54. The van der Waals surface area contributed by atoms with Gasteiger partial charge in [-0.25, -0.2) is 0 Å². The van der Waals surface area contributed by atoms with Gasteiger partial charge in [0.2, 0.25) is 0 Å². The van der Waals surface area contributed by atoms with Crippen molar-refractivity contribution < 1.29 is 19.0 Å². The van der Waals surface area contributed by atoms with Gasteiger partial charge < -0.3 is 19.5 Å². The zero-order chi connectivity index (χ0) is 18.8. The van der Waals surface area contributed by atoms with Crippen molar-refractivity contribution in [2.24, 2.45) is 0 Å². The zero-order valence-electron chi connectivity index (χ0n) is 15.7. The van der Waals surface area contributed by atoms with Crippen molar-refractivity contribution in [3.05, 3.63) is 22.7 Å². The van der Waals surface area contributed by atoms with E-state index in [1.165, 1.54) is 0 Å². The number of nitrogens with zero attached hydrogens (tertiary/aromatic N) is 1. The quantitative estimate of drug-likeness (QED) is 0.628. The summed E-state index contributed by atoms with van der Waals surface area (Å²) in [5.74, 6) is 0.850. The first-order valence-corrected chi connectivity index (χ1v) is 9.71. The smallest absolute Gasteiger partial charge is 0.251 e.